The van der Waals surface area contributed by atoms with Crippen LogP contribution in [0.3, 0.4) is 0 Å². The Kier molecular flexibility index (Phi) is 10.9. The zero-order valence-electron chi connectivity index (χ0n) is 19.8. The number of halogens is 1. The molecule has 3 aromatic rings. The highest BCUT2D eigenvalue weighted by molar-refractivity contribution is 9.10. The van der Waals surface area contributed by atoms with Crippen LogP contribution in [-0.4, -0.2) is 18.7 Å². The summed E-state index contributed by atoms with van der Waals surface area (Å²) in [5.74, 6) is 1.79. The Morgan fingerprint density at radius 3 is 2.29 bits per heavy atom. The van der Waals surface area contributed by atoms with E-state index in [4.69, 9.17) is 9.15 Å². The summed E-state index contributed by atoms with van der Waals surface area (Å²) < 4.78 is 12.6. The zero-order chi connectivity index (χ0) is 24.0. The van der Waals surface area contributed by atoms with E-state index in [-0.39, 0.29) is 5.91 Å². The molecule has 180 valence electrons. The first-order chi connectivity index (χ1) is 16.7. The Balaban J connectivity index is 1.36. The van der Waals surface area contributed by atoms with Gasteiger partial charge in [0.2, 0.25) is 0 Å². The number of amides is 1. The summed E-state index contributed by atoms with van der Waals surface area (Å²) in [7, 11) is 0. The molecule has 0 aliphatic carbocycles. The zero-order valence-corrected chi connectivity index (χ0v) is 21.4. The lowest BCUT2D eigenvalue weighted by Crippen LogP contribution is -2.17. The number of nitrogens with one attached hydrogen (secondary N) is 1. The molecule has 2 aromatic carbocycles. The van der Waals surface area contributed by atoms with E-state index in [2.05, 4.69) is 33.4 Å². The number of carbonyl (C=O) groups excluding carboxylic acids is 1. The van der Waals surface area contributed by atoms with Gasteiger partial charge in [0, 0.05) is 15.6 Å². The second-order valence-electron chi connectivity index (χ2n) is 8.26. The predicted octanol–water partition coefficient (Wildman–Crippen LogP) is 7.99. The summed E-state index contributed by atoms with van der Waals surface area (Å²) >= 11 is 3.42. The lowest BCUT2D eigenvalue weighted by atomic mass is 10.1. The first-order valence-corrected chi connectivity index (χ1v) is 12.9. The number of hydrogen-bond donors (Lipinski definition) is 1. The smallest absolute Gasteiger partial charge is 0.271 e. The van der Waals surface area contributed by atoms with E-state index < -0.39 is 0 Å². The summed E-state index contributed by atoms with van der Waals surface area (Å²) in [6.45, 7) is 2.95. The Morgan fingerprint density at radius 2 is 1.59 bits per heavy atom. The number of ether oxygens (including phenoxy) is 1. The van der Waals surface area contributed by atoms with Gasteiger partial charge in [0.1, 0.15) is 17.3 Å². The van der Waals surface area contributed by atoms with Crippen molar-refractivity contribution in [3.8, 4) is 17.1 Å². The van der Waals surface area contributed by atoms with Gasteiger partial charge in [0.15, 0.2) is 0 Å². The van der Waals surface area contributed by atoms with Crippen LogP contribution in [0.25, 0.3) is 11.3 Å². The minimum atomic E-state index is -0.287. The van der Waals surface area contributed by atoms with Crippen molar-refractivity contribution < 1.29 is 13.9 Å². The molecule has 34 heavy (non-hydrogen) atoms. The van der Waals surface area contributed by atoms with Crippen molar-refractivity contribution in [2.75, 3.05) is 6.61 Å². The van der Waals surface area contributed by atoms with Gasteiger partial charge in [-0.1, -0.05) is 79.9 Å². The van der Waals surface area contributed by atoms with Crippen molar-refractivity contribution in [3.63, 3.8) is 0 Å². The van der Waals surface area contributed by atoms with Crippen molar-refractivity contribution in [1.29, 1.82) is 0 Å². The molecule has 1 N–H and O–H groups in total. The van der Waals surface area contributed by atoms with Gasteiger partial charge in [-0.3, -0.25) is 4.79 Å². The fourth-order valence-corrected chi connectivity index (χ4v) is 3.80. The monoisotopic (exact) mass is 524 g/mol. The van der Waals surface area contributed by atoms with E-state index in [0.29, 0.717) is 17.9 Å². The van der Waals surface area contributed by atoms with Gasteiger partial charge in [-0.15, -0.1) is 0 Å². The number of rotatable bonds is 14. The molecule has 1 aromatic heterocycles. The quantitative estimate of drug-likeness (QED) is 0.132. The van der Waals surface area contributed by atoms with Crippen molar-refractivity contribution >= 4 is 28.1 Å². The third kappa shape index (κ3) is 8.82. The Labute approximate surface area is 210 Å². The molecule has 0 radical (unpaired) electrons. The molecule has 1 amide bonds. The molecule has 0 spiro atoms. The number of hydrogen-bond acceptors (Lipinski definition) is 4. The van der Waals surface area contributed by atoms with Crippen LogP contribution >= 0.6 is 15.9 Å². The summed E-state index contributed by atoms with van der Waals surface area (Å²) in [6, 6.07) is 18.7. The summed E-state index contributed by atoms with van der Waals surface area (Å²) in [5, 5.41) is 4.01. The second kappa shape index (κ2) is 14.4. The van der Waals surface area contributed by atoms with Gasteiger partial charge < -0.3 is 9.15 Å². The molecule has 6 heteroatoms. The summed E-state index contributed by atoms with van der Waals surface area (Å²) in [6.07, 6.45) is 11.7. The molecule has 3 rings (SSSR count). The van der Waals surface area contributed by atoms with E-state index in [1.54, 1.807) is 12.1 Å². The highest BCUT2D eigenvalue weighted by atomic mass is 79.9. The molecule has 0 aliphatic rings. The number of furan rings is 1. The molecule has 0 bridgehead atoms. The molecule has 5 nitrogen and oxygen atoms in total. The van der Waals surface area contributed by atoms with Gasteiger partial charge in [0.05, 0.1) is 12.8 Å². The van der Waals surface area contributed by atoms with Crippen LogP contribution in [0.2, 0.25) is 0 Å². The Bertz CT molecular complexity index is 1030. The van der Waals surface area contributed by atoms with E-state index in [9.17, 15) is 4.79 Å². The lowest BCUT2D eigenvalue weighted by molar-refractivity contribution is 0.0955. The maximum Gasteiger partial charge on any atom is 0.271 e. The minimum absolute atomic E-state index is 0.287. The van der Waals surface area contributed by atoms with E-state index in [0.717, 1.165) is 28.0 Å². The first kappa shape index (κ1) is 25.8. The molecule has 0 aliphatic heterocycles. The summed E-state index contributed by atoms with van der Waals surface area (Å²) in [4.78, 5) is 12.3. The van der Waals surface area contributed by atoms with Crippen molar-refractivity contribution in [2.45, 2.75) is 58.3 Å². The average molecular weight is 525 g/mol. The van der Waals surface area contributed by atoms with E-state index in [1.165, 1.54) is 51.2 Å². The normalized spacial score (nSPS) is 11.1. The van der Waals surface area contributed by atoms with Crippen LogP contribution in [0.1, 0.15) is 74.4 Å². The molecule has 0 unspecified atom stereocenters. The van der Waals surface area contributed by atoms with Crippen LogP contribution in [-0.2, 0) is 0 Å². The molecular formula is C28H33BrN2O3. The van der Waals surface area contributed by atoms with Crippen molar-refractivity contribution in [1.82, 2.24) is 5.43 Å². The fraction of sp³-hybridized carbons (Fsp3) is 0.357. The maximum atomic E-state index is 12.3. The molecule has 0 saturated carbocycles. The average Bonchev–Trinajstić information content (AvgIpc) is 3.32. The van der Waals surface area contributed by atoms with Crippen LogP contribution in [0.15, 0.2) is 74.7 Å². The number of benzene rings is 2. The first-order valence-electron chi connectivity index (χ1n) is 12.1. The number of hydrazone groups is 1. The summed E-state index contributed by atoms with van der Waals surface area (Å²) in [5.41, 5.74) is 4.02. The van der Waals surface area contributed by atoms with E-state index in [1.807, 2.05) is 48.5 Å². The maximum absolute atomic E-state index is 12.3. The minimum Gasteiger partial charge on any atom is -0.494 e. The third-order valence-corrected chi connectivity index (χ3v) is 6.03. The van der Waals surface area contributed by atoms with E-state index >= 15 is 0 Å². The van der Waals surface area contributed by atoms with Crippen LogP contribution < -0.4 is 10.2 Å². The number of carbonyl (C=O) groups is 1. The predicted molar refractivity (Wildman–Crippen MR) is 141 cm³/mol. The molecular weight excluding hydrogens is 492 g/mol. The van der Waals surface area contributed by atoms with Gasteiger partial charge in [-0.2, -0.15) is 5.10 Å². The molecule has 0 saturated heterocycles. The topological polar surface area (TPSA) is 63.8 Å². The molecule has 0 fully saturated rings. The van der Waals surface area contributed by atoms with Gasteiger partial charge in [-0.25, -0.2) is 5.43 Å². The highest BCUT2D eigenvalue weighted by Gasteiger charge is 2.06. The van der Waals surface area contributed by atoms with Crippen LogP contribution in [0.4, 0.5) is 0 Å². The number of unbranched alkanes of at least 4 members (excludes halogenated alkanes) is 7. The Hall–Kier alpha value is -2.86. The second-order valence-corrected chi connectivity index (χ2v) is 9.17. The largest absolute Gasteiger partial charge is 0.494 e. The number of nitrogens with zero attached hydrogens (tertiary/aromatic N) is 1. The Morgan fingerprint density at radius 1 is 0.912 bits per heavy atom. The van der Waals surface area contributed by atoms with Crippen molar-refractivity contribution in [3.05, 3.63) is 76.5 Å². The van der Waals surface area contributed by atoms with Crippen LogP contribution in [0.5, 0.6) is 5.75 Å². The molecule has 1 heterocycles. The van der Waals surface area contributed by atoms with Gasteiger partial charge >= 0.3 is 0 Å². The van der Waals surface area contributed by atoms with Crippen molar-refractivity contribution in [2.24, 2.45) is 5.10 Å². The van der Waals surface area contributed by atoms with Crippen LogP contribution in [0, 0.1) is 0 Å². The highest BCUT2D eigenvalue weighted by Crippen LogP contribution is 2.23. The third-order valence-electron chi connectivity index (χ3n) is 5.50. The fourth-order valence-electron chi connectivity index (χ4n) is 3.54. The SMILES string of the molecule is CCCCCCCCCCOc1ccc(C(=O)N/N=C/c2ccc(-c3ccc(Br)cc3)o2)cc1. The lowest BCUT2D eigenvalue weighted by Gasteiger charge is -2.07. The van der Waals surface area contributed by atoms with Gasteiger partial charge in [-0.05, 0) is 55.0 Å². The standard InChI is InChI=1S/C28H33BrN2O3/c1-2-3-4-5-6-7-8-9-20-33-25-16-12-23(13-17-25)28(32)31-30-21-26-18-19-27(34-26)22-10-14-24(29)15-11-22/h10-19,21H,2-9,20H2,1H3,(H,31,32)/b30-21+. The van der Waals surface area contributed by atoms with Gasteiger partial charge in [0.25, 0.3) is 5.91 Å². The molecule has 0 atom stereocenters.